The average Bonchev–Trinajstić information content (AvgIpc) is 3.21. The molecular formula is C27H30N6O2. The number of rotatable bonds is 6. The Kier molecular flexibility index (Phi) is 6.35. The van der Waals surface area contributed by atoms with Gasteiger partial charge >= 0.3 is 0 Å². The van der Waals surface area contributed by atoms with E-state index in [0.717, 1.165) is 55.1 Å². The average molecular weight is 471 g/mol. The summed E-state index contributed by atoms with van der Waals surface area (Å²) in [5, 5.41) is 3.29. The predicted octanol–water partition coefficient (Wildman–Crippen LogP) is 3.93. The number of aromatic nitrogens is 2. The first-order chi connectivity index (χ1) is 17.0. The van der Waals surface area contributed by atoms with Crippen molar-refractivity contribution >= 4 is 35.0 Å². The van der Waals surface area contributed by atoms with Gasteiger partial charge < -0.3 is 15.1 Å². The summed E-state index contributed by atoms with van der Waals surface area (Å²) in [6.45, 7) is 6.85. The van der Waals surface area contributed by atoms with Crippen LogP contribution in [0.15, 0.2) is 60.8 Å². The van der Waals surface area contributed by atoms with Gasteiger partial charge in [0, 0.05) is 56.2 Å². The van der Waals surface area contributed by atoms with Gasteiger partial charge in [-0.2, -0.15) is 4.98 Å². The van der Waals surface area contributed by atoms with Crippen molar-refractivity contribution in [3.05, 3.63) is 71.9 Å². The van der Waals surface area contributed by atoms with Crippen molar-refractivity contribution in [3.8, 4) is 0 Å². The molecule has 0 radical (unpaired) electrons. The first-order valence-corrected chi connectivity index (χ1v) is 12.1. The third-order valence-electron chi connectivity index (χ3n) is 6.78. The highest BCUT2D eigenvalue weighted by Crippen LogP contribution is 2.36. The molecule has 0 aliphatic carbocycles. The molecule has 5 rings (SSSR count). The molecule has 1 unspecified atom stereocenters. The van der Waals surface area contributed by atoms with Crippen LogP contribution in [0, 0.1) is 0 Å². The van der Waals surface area contributed by atoms with Crippen molar-refractivity contribution in [2.75, 3.05) is 41.3 Å². The molecule has 2 aromatic carbocycles. The van der Waals surface area contributed by atoms with Gasteiger partial charge in [-0.25, -0.2) is 4.98 Å². The number of nitrogens with zero attached hydrogens (tertiary/aromatic N) is 5. The van der Waals surface area contributed by atoms with Crippen LogP contribution < -0.4 is 15.1 Å². The highest BCUT2D eigenvalue weighted by Gasteiger charge is 2.35. The Morgan fingerprint density at radius 3 is 2.40 bits per heavy atom. The highest BCUT2D eigenvalue weighted by atomic mass is 16.2. The van der Waals surface area contributed by atoms with Gasteiger partial charge in [0.2, 0.25) is 17.8 Å². The summed E-state index contributed by atoms with van der Waals surface area (Å²) in [6, 6.07) is 18.2. The summed E-state index contributed by atoms with van der Waals surface area (Å²) in [6.07, 6.45) is 2.87. The number of hydrogen-bond acceptors (Lipinski definition) is 6. The standard InChI is InChI=1S/C27H30N6O2/c1-3-24(20-7-5-4-6-8-20)33-25(35)17-21-18-28-27(30-26(21)33)29-22-9-11-23(12-10-22)32-15-13-31(14-16-32)19(2)34/h4-12,18,24H,3,13-17H2,1-2H3,(H,28,29,30). The molecule has 0 saturated carbocycles. The molecule has 3 aromatic rings. The normalized spacial score (nSPS) is 16.3. The number of amides is 2. The van der Waals surface area contributed by atoms with Gasteiger partial charge in [0.15, 0.2) is 0 Å². The van der Waals surface area contributed by atoms with Crippen LogP contribution in [0.5, 0.6) is 0 Å². The Hall–Kier alpha value is -3.94. The second kappa shape index (κ2) is 9.74. The maximum atomic E-state index is 12.9. The van der Waals surface area contributed by atoms with Crippen LogP contribution in [-0.4, -0.2) is 52.9 Å². The van der Waals surface area contributed by atoms with E-state index in [2.05, 4.69) is 46.4 Å². The fourth-order valence-electron chi connectivity index (χ4n) is 4.89. The number of nitrogens with one attached hydrogen (secondary N) is 1. The first kappa shape index (κ1) is 22.8. The van der Waals surface area contributed by atoms with Crippen LogP contribution in [-0.2, 0) is 16.0 Å². The van der Waals surface area contributed by atoms with Crippen LogP contribution >= 0.6 is 0 Å². The van der Waals surface area contributed by atoms with E-state index >= 15 is 0 Å². The van der Waals surface area contributed by atoms with Crippen molar-refractivity contribution in [2.45, 2.75) is 32.7 Å². The van der Waals surface area contributed by atoms with E-state index in [0.29, 0.717) is 18.2 Å². The lowest BCUT2D eigenvalue weighted by molar-refractivity contribution is -0.129. The lowest BCUT2D eigenvalue weighted by Crippen LogP contribution is -2.48. The van der Waals surface area contributed by atoms with E-state index in [1.807, 2.05) is 40.1 Å². The van der Waals surface area contributed by atoms with Crippen molar-refractivity contribution in [3.63, 3.8) is 0 Å². The van der Waals surface area contributed by atoms with Gasteiger partial charge in [-0.3, -0.25) is 14.5 Å². The van der Waals surface area contributed by atoms with Crippen LogP contribution in [0.1, 0.15) is 37.4 Å². The zero-order valence-corrected chi connectivity index (χ0v) is 20.1. The molecule has 8 nitrogen and oxygen atoms in total. The molecule has 1 atom stereocenters. The van der Waals surface area contributed by atoms with Crippen molar-refractivity contribution < 1.29 is 9.59 Å². The van der Waals surface area contributed by atoms with Gasteiger partial charge in [0.1, 0.15) is 5.82 Å². The molecule has 2 aliphatic rings. The molecule has 8 heteroatoms. The molecular weight excluding hydrogens is 440 g/mol. The van der Waals surface area contributed by atoms with Crippen LogP contribution in [0.2, 0.25) is 0 Å². The minimum atomic E-state index is -0.0598. The number of carbonyl (C=O) groups is 2. The SMILES string of the molecule is CCC(c1ccccc1)N1C(=O)Cc2cnc(Nc3ccc(N4CCN(C(C)=O)CC4)cc3)nc21. The molecule has 1 saturated heterocycles. The Morgan fingerprint density at radius 1 is 1.03 bits per heavy atom. The maximum Gasteiger partial charge on any atom is 0.233 e. The van der Waals surface area contributed by atoms with Gasteiger partial charge in [0.05, 0.1) is 12.5 Å². The van der Waals surface area contributed by atoms with Gasteiger partial charge in [-0.15, -0.1) is 0 Å². The fraction of sp³-hybridized carbons (Fsp3) is 0.333. The third-order valence-corrected chi connectivity index (χ3v) is 6.78. The zero-order valence-electron chi connectivity index (χ0n) is 20.1. The van der Waals surface area contributed by atoms with E-state index < -0.39 is 0 Å². The van der Waals surface area contributed by atoms with E-state index in [1.54, 1.807) is 13.1 Å². The van der Waals surface area contributed by atoms with Crippen molar-refractivity contribution in [2.24, 2.45) is 0 Å². The molecule has 1 N–H and O–H groups in total. The summed E-state index contributed by atoms with van der Waals surface area (Å²) in [5.41, 5.74) is 3.96. The van der Waals surface area contributed by atoms with E-state index in [4.69, 9.17) is 4.98 Å². The Bertz CT molecular complexity index is 1210. The van der Waals surface area contributed by atoms with E-state index in [-0.39, 0.29) is 17.9 Å². The Balaban J connectivity index is 1.31. The molecule has 3 heterocycles. The molecule has 180 valence electrons. The van der Waals surface area contributed by atoms with Crippen LogP contribution in [0.25, 0.3) is 0 Å². The molecule has 0 bridgehead atoms. The second-order valence-corrected chi connectivity index (χ2v) is 8.98. The number of hydrogen-bond donors (Lipinski definition) is 1. The number of benzene rings is 2. The maximum absolute atomic E-state index is 12.9. The fourth-order valence-corrected chi connectivity index (χ4v) is 4.89. The van der Waals surface area contributed by atoms with Gasteiger partial charge in [-0.1, -0.05) is 37.3 Å². The smallest absolute Gasteiger partial charge is 0.233 e. The summed E-state index contributed by atoms with van der Waals surface area (Å²) in [7, 11) is 0. The number of piperazine rings is 1. The number of fused-ring (bicyclic) bond motifs is 1. The summed E-state index contributed by atoms with van der Waals surface area (Å²) in [5.74, 6) is 1.33. The monoisotopic (exact) mass is 470 g/mol. The molecule has 1 fully saturated rings. The zero-order chi connectivity index (χ0) is 24.4. The molecule has 35 heavy (non-hydrogen) atoms. The van der Waals surface area contributed by atoms with Gasteiger partial charge in [-0.05, 0) is 36.2 Å². The minimum absolute atomic E-state index is 0.0522. The third kappa shape index (κ3) is 4.69. The van der Waals surface area contributed by atoms with E-state index in [1.165, 1.54) is 0 Å². The van der Waals surface area contributed by atoms with Crippen LogP contribution in [0.3, 0.4) is 0 Å². The quantitative estimate of drug-likeness (QED) is 0.588. The first-order valence-electron chi connectivity index (χ1n) is 12.1. The van der Waals surface area contributed by atoms with Crippen molar-refractivity contribution in [1.29, 1.82) is 0 Å². The van der Waals surface area contributed by atoms with Crippen LogP contribution in [0.4, 0.5) is 23.1 Å². The summed E-state index contributed by atoms with van der Waals surface area (Å²) in [4.78, 5) is 39.7. The Labute approximate surface area is 205 Å². The number of anilines is 4. The molecule has 2 amide bonds. The van der Waals surface area contributed by atoms with Crippen molar-refractivity contribution in [1.82, 2.24) is 14.9 Å². The predicted molar refractivity (Wildman–Crippen MR) is 137 cm³/mol. The van der Waals surface area contributed by atoms with Gasteiger partial charge in [0.25, 0.3) is 0 Å². The lowest BCUT2D eigenvalue weighted by Gasteiger charge is -2.35. The Morgan fingerprint density at radius 2 is 1.74 bits per heavy atom. The highest BCUT2D eigenvalue weighted by molar-refractivity contribution is 6.01. The lowest BCUT2D eigenvalue weighted by atomic mass is 10.0. The summed E-state index contributed by atoms with van der Waals surface area (Å²) < 4.78 is 0. The topological polar surface area (TPSA) is 81.7 Å². The summed E-state index contributed by atoms with van der Waals surface area (Å²) >= 11 is 0. The van der Waals surface area contributed by atoms with E-state index in [9.17, 15) is 9.59 Å². The largest absolute Gasteiger partial charge is 0.368 e. The molecule has 1 aromatic heterocycles. The molecule has 0 spiro atoms. The molecule has 2 aliphatic heterocycles. The minimum Gasteiger partial charge on any atom is -0.368 e. The second-order valence-electron chi connectivity index (χ2n) is 8.98. The number of carbonyl (C=O) groups excluding carboxylic acids is 2.